The summed E-state index contributed by atoms with van der Waals surface area (Å²) in [5.41, 5.74) is 0.317. The van der Waals surface area contributed by atoms with E-state index < -0.39 is 47.2 Å². The summed E-state index contributed by atoms with van der Waals surface area (Å²) in [6.45, 7) is 1.48. The summed E-state index contributed by atoms with van der Waals surface area (Å²) in [6.07, 6.45) is 0.235. The van der Waals surface area contributed by atoms with Crippen LogP contribution in [0.2, 0.25) is 0 Å². The molecule has 2 aromatic carbocycles. The topological polar surface area (TPSA) is 66.4 Å². The number of carbonyl (C=O) groups excluding carboxylic acids is 1. The third kappa shape index (κ3) is 3.42. The molecule has 7 heteroatoms. The third-order valence-corrected chi connectivity index (χ3v) is 4.55. The van der Waals surface area contributed by atoms with Crippen LogP contribution in [-0.2, 0) is 9.59 Å². The Bertz CT molecular complexity index is 864. The molecule has 0 saturated heterocycles. The van der Waals surface area contributed by atoms with Crippen LogP contribution in [0.15, 0.2) is 36.4 Å². The fourth-order valence-electron chi connectivity index (χ4n) is 3.05. The number of hydrogen-bond donors (Lipinski definition) is 2. The summed E-state index contributed by atoms with van der Waals surface area (Å²) in [5, 5.41) is 11.8. The van der Waals surface area contributed by atoms with Crippen LogP contribution < -0.4 is 5.32 Å². The van der Waals surface area contributed by atoms with E-state index in [2.05, 4.69) is 5.32 Å². The Morgan fingerprint density at radius 1 is 1.12 bits per heavy atom. The minimum Gasteiger partial charge on any atom is -0.479 e. The van der Waals surface area contributed by atoms with Crippen LogP contribution in [-0.4, -0.2) is 17.0 Å². The lowest BCUT2D eigenvalue weighted by Gasteiger charge is -2.16. The van der Waals surface area contributed by atoms with Gasteiger partial charge in [0, 0.05) is 17.4 Å². The van der Waals surface area contributed by atoms with E-state index in [1.54, 1.807) is 0 Å². The molecule has 0 aromatic heterocycles. The predicted octanol–water partition coefficient (Wildman–Crippen LogP) is 3.46. The number of nitrogens with one attached hydrogen (secondary N) is 1. The molecule has 0 spiro atoms. The normalized spacial score (nSPS) is 19.7. The van der Waals surface area contributed by atoms with Gasteiger partial charge >= 0.3 is 5.97 Å². The summed E-state index contributed by atoms with van der Waals surface area (Å²) in [6, 6.07) is 5.86. The Kier molecular flexibility index (Phi) is 4.71. The SMILES string of the molecule is Cc1cc(C(NC(=O)C2CC2c2c(F)cccc2F)C(=O)O)ccc1F. The molecule has 3 atom stereocenters. The van der Waals surface area contributed by atoms with Gasteiger partial charge < -0.3 is 10.4 Å². The maximum Gasteiger partial charge on any atom is 0.330 e. The van der Waals surface area contributed by atoms with Crippen LogP contribution in [0.1, 0.15) is 35.1 Å². The second-order valence-electron chi connectivity index (χ2n) is 6.37. The lowest BCUT2D eigenvalue weighted by molar-refractivity contribution is -0.142. The lowest BCUT2D eigenvalue weighted by Crippen LogP contribution is -2.35. The first-order chi connectivity index (χ1) is 12.3. The van der Waals surface area contributed by atoms with E-state index in [1.165, 1.54) is 25.1 Å². The van der Waals surface area contributed by atoms with Gasteiger partial charge in [-0.05, 0) is 42.7 Å². The molecule has 1 aliphatic carbocycles. The number of carboxylic acids is 1. The zero-order valence-electron chi connectivity index (χ0n) is 13.8. The molecule has 3 unspecified atom stereocenters. The van der Waals surface area contributed by atoms with Gasteiger partial charge in [-0.15, -0.1) is 0 Å². The van der Waals surface area contributed by atoms with Gasteiger partial charge in [0.1, 0.15) is 17.5 Å². The van der Waals surface area contributed by atoms with Gasteiger partial charge in [-0.25, -0.2) is 18.0 Å². The number of aliphatic carboxylic acids is 1. The molecule has 3 rings (SSSR count). The van der Waals surface area contributed by atoms with Gasteiger partial charge in [0.2, 0.25) is 5.91 Å². The highest BCUT2D eigenvalue weighted by atomic mass is 19.1. The van der Waals surface area contributed by atoms with E-state index in [4.69, 9.17) is 0 Å². The molecule has 2 N–H and O–H groups in total. The molecule has 2 aromatic rings. The van der Waals surface area contributed by atoms with Crippen molar-refractivity contribution in [3.63, 3.8) is 0 Å². The molecule has 4 nitrogen and oxygen atoms in total. The Hall–Kier alpha value is -2.83. The van der Waals surface area contributed by atoms with Gasteiger partial charge in [0.15, 0.2) is 6.04 Å². The second kappa shape index (κ2) is 6.82. The minimum atomic E-state index is -1.37. The molecule has 1 fully saturated rings. The van der Waals surface area contributed by atoms with Crippen molar-refractivity contribution in [1.29, 1.82) is 0 Å². The fourth-order valence-corrected chi connectivity index (χ4v) is 3.05. The zero-order valence-corrected chi connectivity index (χ0v) is 13.8. The largest absolute Gasteiger partial charge is 0.479 e. The van der Waals surface area contributed by atoms with E-state index in [0.717, 1.165) is 18.2 Å². The molecule has 0 aliphatic heterocycles. The van der Waals surface area contributed by atoms with Crippen molar-refractivity contribution in [2.75, 3.05) is 0 Å². The molecular weight excluding hydrogens is 347 g/mol. The van der Waals surface area contributed by atoms with Crippen molar-refractivity contribution in [2.45, 2.75) is 25.3 Å². The summed E-state index contributed by atoms with van der Waals surface area (Å²) in [5.74, 6) is -5.18. The highest BCUT2D eigenvalue weighted by Gasteiger charge is 2.47. The van der Waals surface area contributed by atoms with Crippen LogP contribution in [0.5, 0.6) is 0 Å². The van der Waals surface area contributed by atoms with E-state index >= 15 is 0 Å². The van der Waals surface area contributed by atoms with Crippen LogP contribution >= 0.6 is 0 Å². The third-order valence-electron chi connectivity index (χ3n) is 4.55. The van der Waals surface area contributed by atoms with Crippen LogP contribution in [0.3, 0.4) is 0 Å². The van der Waals surface area contributed by atoms with E-state index in [9.17, 15) is 27.9 Å². The van der Waals surface area contributed by atoms with Crippen molar-refractivity contribution >= 4 is 11.9 Å². The molecular formula is C19H16F3NO3. The fraction of sp³-hybridized carbons (Fsp3) is 0.263. The molecule has 0 bridgehead atoms. The number of carbonyl (C=O) groups is 2. The van der Waals surface area contributed by atoms with Gasteiger partial charge in [-0.3, -0.25) is 4.79 Å². The van der Waals surface area contributed by atoms with Gasteiger partial charge in [-0.1, -0.05) is 18.2 Å². The van der Waals surface area contributed by atoms with Crippen LogP contribution in [0, 0.1) is 30.3 Å². The smallest absolute Gasteiger partial charge is 0.330 e. The Labute approximate surface area is 147 Å². The average molecular weight is 363 g/mol. The summed E-state index contributed by atoms with van der Waals surface area (Å²) in [4.78, 5) is 23.9. The Morgan fingerprint density at radius 3 is 2.35 bits per heavy atom. The standard InChI is InChI=1S/C19H16F3NO3/c1-9-7-10(5-6-13(9)20)17(19(25)26)23-18(24)12-8-11(12)16-14(21)3-2-4-15(16)22/h2-7,11-12,17H,8H2,1H3,(H,23,24)(H,25,26). The van der Waals surface area contributed by atoms with Crippen molar-refractivity contribution < 1.29 is 27.9 Å². The summed E-state index contributed by atoms with van der Waals surface area (Å²) >= 11 is 0. The number of aryl methyl sites for hydroxylation is 1. The summed E-state index contributed by atoms with van der Waals surface area (Å²) < 4.78 is 41.0. The molecule has 1 saturated carbocycles. The number of hydrogen-bond acceptors (Lipinski definition) is 2. The molecule has 26 heavy (non-hydrogen) atoms. The summed E-state index contributed by atoms with van der Waals surface area (Å²) in [7, 11) is 0. The monoisotopic (exact) mass is 363 g/mol. The Morgan fingerprint density at radius 2 is 1.77 bits per heavy atom. The van der Waals surface area contributed by atoms with Gasteiger partial charge in [-0.2, -0.15) is 0 Å². The first-order valence-electron chi connectivity index (χ1n) is 8.02. The maximum absolute atomic E-state index is 13.8. The van der Waals surface area contributed by atoms with Crippen molar-refractivity contribution in [3.05, 3.63) is 70.5 Å². The van der Waals surface area contributed by atoms with Crippen LogP contribution in [0.4, 0.5) is 13.2 Å². The highest BCUT2D eigenvalue weighted by Crippen LogP contribution is 2.49. The zero-order chi connectivity index (χ0) is 19.0. The minimum absolute atomic E-state index is 0.155. The van der Waals surface area contributed by atoms with Crippen LogP contribution in [0.25, 0.3) is 0 Å². The van der Waals surface area contributed by atoms with Gasteiger partial charge in [0.05, 0.1) is 0 Å². The number of carboxylic acid groups (broad SMARTS) is 1. The average Bonchev–Trinajstić information content (AvgIpc) is 3.35. The molecule has 0 radical (unpaired) electrons. The molecule has 1 amide bonds. The van der Waals surface area contributed by atoms with Crippen molar-refractivity contribution in [2.24, 2.45) is 5.92 Å². The van der Waals surface area contributed by atoms with Gasteiger partial charge in [0.25, 0.3) is 0 Å². The van der Waals surface area contributed by atoms with E-state index in [-0.39, 0.29) is 23.1 Å². The van der Waals surface area contributed by atoms with Crippen molar-refractivity contribution in [1.82, 2.24) is 5.32 Å². The molecule has 1 aliphatic rings. The highest BCUT2D eigenvalue weighted by molar-refractivity contribution is 5.88. The first-order valence-corrected chi connectivity index (χ1v) is 8.02. The Balaban J connectivity index is 1.76. The molecule has 136 valence electrons. The second-order valence-corrected chi connectivity index (χ2v) is 6.37. The first kappa shape index (κ1) is 18.0. The quantitative estimate of drug-likeness (QED) is 0.855. The number of rotatable bonds is 5. The number of benzene rings is 2. The lowest BCUT2D eigenvalue weighted by atomic mass is 10.0. The van der Waals surface area contributed by atoms with Crippen molar-refractivity contribution in [3.8, 4) is 0 Å². The maximum atomic E-state index is 13.8. The number of amides is 1. The number of halogens is 3. The van der Waals surface area contributed by atoms with E-state index in [1.807, 2.05) is 0 Å². The van der Waals surface area contributed by atoms with E-state index in [0.29, 0.717) is 0 Å². The molecule has 0 heterocycles. The predicted molar refractivity (Wildman–Crippen MR) is 86.9 cm³/mol.